The molecule has 2 aromatic rings. The van der Waals surface area contributed by atoms with Gasteiger partial charge in [-0.3, -0.25) is 4.79 Å². The molecule has 0 radical (unpaired) electrons. The highest BCUT2D eigenvalue weighted by Crippen LogP contribution is 2.32. The fourth-order valence-electron chi connectivity index (χ4n) is 2.78. The van der Waals surface area contributed by atoms with E-state index < -0.39 is 0 Å². The molecule has 0 bridgehead atoms. The van der Waals surface area contributed by atoms with Crippen molar-refractivity contribution in [1.29, 1.82) is 0 Å². The van der Waals surface area contributed by atoms with E-state index in [2.05, 4.69) is 24.4 Å². The van der Waals surface area contributed by atoms with Crippen molar-refractivity contribution in [3.8, 4) is 17.2 Å². The van der Waals surface area contributed by atoms with Crippen LogP contribution >= 0.6 is 0 Å². The van der Waals surface area contributed by atoms with Gasteiger partial charge in [0, 0.05) is 6.54 Å². The number of carbonyl (C=O) groups is 1. The number of unbranched alkanes of at least 4 members (excludes halogenated alkanes) is 2. The number of benzene rings is 2. The molecule has 0 spiro atoms. The Balaban J connectivity index is 1.39. The Bertz CT molecular complexity index is 727. The molecular weight excluding hydrogens is 330 g/mol. The first kappa shape index (κ1) is 18.1. The summed E-state index contributed by atoms with van der Waals surface area (Å²) in [7, 11) is 0. The van der Waals surface area contributed by atoms with E-state index in [9.17, 15) is 4.79 Å². The minimum Gasteiger partial charge on any atom is -0.484 e. The maximum Gasteiger partial charge on any atom is 0.258 e. The molecule has 1 N–H and O–H groups in total. The molecule has 0 aromatic heterocycles. The van der Waals surface area contributed by atoms with Crippen LogP contribution in [-0.4, -0.2) is 19.3 Å². The number of amides is 1. The lowest BCUT2D eigenvalue weighted by Crippen LogP contribution is -2.28. The summed E-state index contributed by atoms with van der Waals surface area (Å²) in [4.78, 5) is 12.0. The summed E-state index contributed by atoms with van der Waals surface area (Å²) in [6.45, 7) is 2.87. The van der Waals surface area contributed by atoms with Crippen molar-refractivity contribution in [1.82, 2.24) is 5.32 Å². The van der Waals surface area contributed by atoms with Crippen molar-refractivity contribution in [2.24, 2.45) is 0 Å². The number of hydrogen-bond acceptors (Lipinski definition) is 4. The molecule has 138 valence electrons. The Labute approximate surface area is 154 Å². The molecule has 0 saturated heterocycles. The van der Waals surface area contributed by atoms with Crippen LogP contribution in [0, 0.1) is 0 Å². The van der Waals surface area contributed by atoms with Crippen LogP contribution < -0.4 is 19.5 Å². The molecular formula is C21H25NO4. The third kappa shape index (κ3) is 5.15. The molecule has 0 aliphatic carbocycles. The highest BCUT2D eigenvalue weighted by molar-refractivity contribution is 5.77. The zero-order valence-corrected chi connectivity index (χ0v) is 15.1. The van der Waals surface area contributed by atoms with Crippen LogP contribution in [0.2, 0.25) is 0 Å². The highest BCUT2D eigenvalue weighted by atomic mass is 16.7. The number of carbonyl (C=O) groups excluding carboxylic acids is 1. The van der Waals surface area contributed by atoms with E-state index >= 15 is 0 Å². The van der Waals surface area contributed by atoms with E-state index in [0.29, 0.717) is 18.0 Å². The summed E-state index contributed by atoms with van der Waals surface area (Å²) >= 11 is 0. The minimum atomic E-state index is -0.158. The average molecular weight is 355 g/mol. The summed E-state index contributed by atoms with van der Waals surface area (Å²) < 4.78 is 16.2. The van der Waals surface area contributed by atoms with Crippen LogP contribution in [0.25, 0.3) is 0 Å². The third-order valence-electron chi connectivity index (χ3n) is 4.29. The van der Waals surface area contributed by atoms with Crippen molar-refractivity contribution in [2.75, 3.05) is 13.4 Å². The third-order valence-corrected chi connectivity index (χ3v) is 4.29. The van der Waals surface area contributed by atoms with Gasteiger partial charge in [-0.2, -0.15) is 0 Å². The molecule has 0 saturated carbocycles. The molecule has 1 heterocycles. The van der Waals surface area contributed by atoms with Crippen molar-refractivity contribution in [2.45, 2.75) is 39.2 Å². The van der Waals surface area contributed by atoms with Gasteiger partial charge in [0.25, 0.3) is 5.91 Å². The molecule has 5 heteroatoms. The largest absolute Gasteiger partial charge is 0.484 e. The molecule has 1 aliphatic rings. The van der Waals surface area contributed by atoms with Gasteiger partial charge in [-0.05, 0) is 48.2 Å². The Morgan fingerprint density at radius 1 is 1.04 bits per heavy atom. The second kappa shape index (κ2) is 9.13. The van der Waals surface area contributed by atoms with Gasteiger partial charge in [0.2, 0.25) is 6.79 Å². The average Bonchev–Trinajstić information content (AvgIpc) is 3.14. The molecule has 26 heavy (non-hydrogen) atoms. The normalized spacial score (nSPS) is 12.0. The van der Waals surface area contributed by atoms with Gasteiger partial charge in [0.1, 0.15) is 5.75 Å². The Morgan fingerprint density at radius 2 is 1.81 bits per heavy atom. The number of fused-ring (bicyclic) bond motifs is 1. The molecule has 2 aromatic carbocycles. The van der Waals surface area contributed by atoms with Gasteiger partial charge in [-0.15, -0.1) is 0 Å². The van der Waals surface area contributed by atoms with Crippen molar-refractivity contribution < 1.29 is 19.0 Å². The topological polar surface area (TPSA) is 56.8 Å². The number of nitrogens with one attached hydrogen (secondary N) is 1. The van der Waals surface area contributed by atoms with Gasteiger partial charge in [0.05, 0.1) is 0 Å². The van der Waals surface area contributed by atoms with Gasteiger partial charge in [-0.1, -0.05) is 38.0 Å². The molecule has 5 nitrogen and oxygen atoms in total. The first-order valence-electron chi connectivity index (χ1n) is 9.11. The standard InChI is InChI=1S/C21H25NO4/c1-2-3-4-5-16-6-9-18(10-7-16)24-14-21(23)22-13-17-8-11-19-20(12-17)26-15-25-19/h6-12H,2-5,13-15H2,1H3,(H,22,23). The number of ether oxygens (including phenoxy) is 3. The Kier molecular flexibility index (Phi) is 6.36. The number of rotatable bonds is 9. The fourth-order valence-corrected chi connectivity index (χ4v) is 2.78. The van der Waals surface area contributed by atoms with Crippen LogP contribution in [0.3, 0.4) is 0 Å². The first-order valence-corrected chi connectivity index (χ1v) is 9.11. The SMILES string of the molecule is CCCCCc1ccc(OCC(=O)NCc2ccc3c(c2)OCO3)cc1. The quantitative estimate of drug-likeness (QED) is 0.694. The number of aryl methyl sites for hydroxylation is 1. The van der Waals surface area contributed by atoms with Crippen LogP contribution in [0.15, 0.2) is 42.5 Å². The van der Waals surface area contributed by atoms with E-state index in [1.54, 1.807) is 0 Å². The predicted octanol–water partition coefficient (Wildman–Crippen LogP) is 3.84. The molecule has 3 rings (SSSR count). The summed E-state index contributed by atoms with van der Waals surface area (Å²) in [6, 6.07) is 13.6. The van der Waals surface area contributed by atoms with Gasteiger partial charge in [-0.25, -0.2) is 0 Å². The second-order valence-electron chi connectivity index (χ2n) is 6.35. The van der Waals surface area contributed by atoms with Crippen molar-refractivity contribution >= 4 is 5.91 Å². The fraction of sp³-hybridized carbons (Fsp3) is 0.381. The van der Waals surface area contributed by atoms with E-state index in [-0.39, 0.29) is 19.3 Å². The predicted molar refractivity (Wildman–Crippen MR) is 99.6 cm³/mol. The van der Waals surface area contributed by atoms with Crippen LogP contribution in [-0.2, 0) is 17.8 Å². The van der Waals surface area contributed by atoms with Crippen molar-refractivity contribution in [3.05, 3.63) is 53.6 Å². The zero-order valence-electron chi connectivity index (χ0n) is 15.1. The van der Waals surface area contributed by atoms with E-state index in [1.807, 2.05) is 30.3 Å². The van der Waals surface area contributed by atoms with Crippen LogP contribution in [0.5, 0.6) is 17.2 Å². The van der Waals surface area contributed by atoms with Gasteiger partial charge < -0.3 is 19.5 Å². The van der Waals surface area contributed by atoms with Crippen molar-refractivity contribution in [3.63, 3.8) is 0 Å². The van der Waals surface area contributed by atoms with Gasteiger partial charge >= 0.3 is 0 Å². The monoisotopic (exact) mass is 355 g/mol. The van der Waals surface area contributed by atoms with E-state index in [4.69, 9.17) is 14.2 Å². The lowest BCUT2D eigenvalue weighted by Gasteiger charge is -2.09. The lowest BCUT2D eigenvalue weighted by molar-refractivity contribution is -0.123. The maximum absolute atomic E-state index is 12.0. The minimum absolute atomic E-state index is 0.000265. The van der Waals surface area contributed by atoms with Crippen LogP contribution in [0.4, 0.5) is 0 Å². The smallest absolute Gasteiger partial charge is 0.258 e. The molecule has 0 fully saturated rings. The maximum atomic E-state index is 12.0. The first-order chi connectivity index (χ1) is 12.7. The lowest BCUT2D eigenvalue weighted by atomic mass is 10.1. The van der Waals surface area contributed by atoms with E-state index in [1.165, 1.54) is 24.8 Å². The summed E-state index contributed by atoms with van der Waals surface area (Å²) in [6.07, 6.45) is 4.77. The zero-order chi connectivity index (χ0) is 18.2. The second-order valence-corrected chi connectivity index (χ2v) is 6.35. The summed E-state index contributed by atoms with van der Waals surface area (Å²) in [5.74, 6) is 2.01. The molecule has 1 amide bonds. The number of hydrogen-bond donors (Lipinski definition) is 1. The molecule has 0 atom stereocenters. The van der Waals surface area contributed by atoms with Crippen LogP contribution in [0.1, 0.15) is 37.3 Å². The molecule has 0 unspecified atom stereocenters. The summed E-state index contributed by atoms with van der Waals surface area (Å²) in [5.41, 5.74) is 2.26. The van der Waals surface area contributed by atoms with E-state index in [0.717, 1.165) is 17.7 Å². The molecule has 1 aliphatic heterocycles. The highest BCUT2D eigenvalue weighted by Gasteiger charge is 2.13. The summed E-state index contributed by atoms with van der Waals surface area (Å²) in [5, 5.41) is 2.85. The Morgan fingerprint density at radius 3 is 2.62 bits per heavy atom. The van der Waals surface area contributed by atoms with Gasteiger partial charge in [0.15, 0.2) is 18.1 Å². The Hall–Kier alpha value is -2.69.